The van der Waals surface area contributed by atoms with E-state index in [2.05, 4.69) is 32.0 Å². The minimum Gasteiger partial charge on any atom is -0.356 e. The number of carbonyl (C=O) groups excluding carboxylic acids is 2. The molecule has 0 atom stereocenters. The second-order valence-corrected chi connectivity index (χ2v) is 8.71. The number of benzene rings is 1. The van der Waals surface area contributed by atoms with E-state index in [0.29, 0.717) is 5.82 Å². The molecule has 3 aromatic rings. The predicted molar refractivity (Wildman–Crippen MR) is 127 cm³/mol. The predicted octanol–water partition coefficient (Wildman–Crippen LogP) is 3.57. The van der Waals surface area contributed by atoms with E-state index >= 15 is 0 Å². The van der Waals surface area contributed by atoms with Crippen LogP contribution < -0.4 is 16.0 Å². The third kappa shape index (κ3) is 5.23. The number of carbonyl (C=O) groups is 2. The summed E-state index contributed by atoms with van der Waals surface area (Å²) in [5.41, 5.74) is 2.21. The summed E-state index contributed by atoms with van der Waals surface area (Å²) in [6, 6.07) is 13.7. The van der Waals surface area contributed by atoms with E-state index in [1.54, 1.807) is 18.3 Å². The van der Waals surface area contributed by atoms with Crippen molar-refractivity contribution in [3.05, 3.63) is 66.0 Å². The van der Waals surface area contributed by atoms with Crippen LogP contribution >= 0.6 is 0 Å². The molecular formula is C25H29N5O2. The van der Waals surface area contributed by atoms with E-state index in [4.69, 9.17) is 0 Å². The number of pyridine rings is 1. The van der Waals surface area contributed by atoms with Crippen LogP contribution in [-0.4, -0.2) is 34.9 Å². The summed E-state index contributed by atoms with van der Waals surface area (Å²) in [4.78, 5) is 32.5. The lowest BCUT2D eigenvalue weighted by molar-refractivity contribution is -0.120. The lowest BCUT2D eigenvalue weighted by Crippen LogP contribution is -2.40. The van der Waals surface area contributed by atoms with E-state index in [9.17, 15) is 9.59 Å². The first kappa shape index (κ1) is 21.8. The number of aromatic nitrogens is 2. The van der Waals surface area contributed by atoms with Gasteiger partial charge in [0, 0.05) is 29.4 Å². The quantitative estimate of drug-likeness (QED) is 0.449. The number of piperidine rings is 1. The zero-order valence-corrected chi connectivity index (χ0v) is 18.4. The maximum atomic E-state index is 12.5. The fraction of sp³-hybridized carbons (Fsp3) is 0.320. The molecule has 0 unspecified atom stereocenters. The summed E-state index contributed by atoms with van der Waals surface area (Å²) in [5, 5.41) is 10.3. The maximum absolute atomic E-state index is 12.5. The highest BCUT2D eigenvalue weighted by atomic mass is 16.2. The molecule has 0 saturated carbocycles. The van der Waals surface area contributed by atoms with E-state index < -0.39 is 5.54 Å². The van der Waals surface area contributed by atoms with Gasteiger partial charge >= 0.3 is 0 Å². The van der Waals surface area contributed by atoms with Crippen molar-refractivity contribution in [2.75, 3.05) is 18.4 Å². The fourth-order valence-electron chi connectivity index (χ4n) is 3.89. The molecule has 1 aliphatic rings. The second kappa shape index (κ2) is 9.36. The first-order valence-electron chi connectivity index (χ1n) is 11.0. The molecule has 32 heavy (non-hydrogen) atoms. The monoisotopic (exact) mass is 431 g/mol. The molecule has 0 aliphatic carbocycles. The normalized spacial score (nSPS) is 15.2. The van der Waals surface area contributed by atoms with Crippen LogP contribution in [-0.2, 0) is 15.1 Å². The van der Waals surface area contributed by atoms with Crippen molar-refractivity contribution < 1.29 is 9.59 Å². The minimum absolute atomic E-state index is 0.0147. The highest BCUT2D eigenvalue weighted by molar-refractivity contribution is 5.93. The van der Waals surface area contributed by atoms with E-state index in [0.717, 1.165) is 48.1 Å². The van der Waals surface area contributed by atoms with Crippen LogP contribution in [0.15, 0.2) is 54.7 Å². The summed E-state index contributed by atoms with van der Waals surface area (Å²) in [5.74, 6) is 0.370. The zero-order chi connectivity index (χ0) is 22.6. The van der Waals surface area contributed by atoms with Crippen molar-refractivity contribution in [2.24, 2.45) is 5.92 Å². The summed E-state index contributed by atoms with van der Waals surface area (Å²) >= 11 is 0. The SMILES string of the molecule is CC(C)(NC(=O)C=Cc1ccc(NC(=O)C2CCNCC2)nc1)c1cc2ccccc2[nH]1. The van der Waals surface area contributed by atoms with Crippen LogP contribution in [0.1, 0.15) is 37.9 Å². The Morgan fingerprint density at radius 1 is 1.12 bits per heavy atom. The van der Waals surface area contributed by atoms with Gasteiger partial charge in [0.25, 0.3) is 0 Å². The van der Waals surface area contributed by atoms with Crippen LogP contribution in [0.3, 0.4) is 0 Å². The van der Waals surface area contributed by atoms with E-state index in [-0.39, 0.29) is 17.7 Å². The molecule has 7 nitrogen and oxygen atoms in total. The summed E-state index contributed by atoms with van der Waals surface area (Å²) < 4.78 is 0. The molecule has 1 aliphatic heterocycles. The highest BCUT2D eigenvalue weighted by Crippen LogP contribution is 2.24. The first-order valence-corrected chi connectivity index (χ1v) is 11.0. The van der Waals surface area contributed by atoms with Gasteiger partial charge in [-0.05, 0) is 81.1 Å². The van der Waals surface area contributed by atoms with Crippen LogP contribution in [0.25, 0.3) is 17.0 Å². The molecule has 1 aromatic carbocycles. The molecule has 2 aromatic heterocycles. The number of amides is 2. The molecule has 0 spiro atoms. The number of hydrogen-bond acceptors (Lipinski definition) is 4. The molecule has 3 heterocycles. The number of fused-ring (bicyclic) bond motifs is 1. The summed E-state index contributed by atoms with van der Waals surface area (Å²) in [6.07, 6.45) is 6.54. The fourth-order valence-corrected chi connectivity index (χ4v) is 3.89. The van der Waals surface area contributed by atoms with Gasteiger partial charge in [-0.1, -0.05) is 18.2 Å². The van der Waals surface area contributed by atoms with E-state index in [1.165, 1.54) is 6.08 Å². The Balaban J connectivity index is 1.34. The van der Waals surface area contributed by atoms with Gasteiger partial charge in [-0.25, -0.2) is 4.98 Å². The molecular weight excluding hydrogens is 402 g/mol. The Morgan fingerprint density at radius 2 is 1.91 bits per heavy atom. The Labute approximate surface area is 187 Å². The average molecular weight is 432 g/mol. The molecule has 166 valence electrons. The van der Waals surface area contributed by atoms with Crippen molar-refractivity contribution in [3.8, 4) is 0 Å². The largest absolute Gasteiger partial charge is 0.356 e. The van der Waals surface area contributed by atoms with Crippen molar-refractivity contribution in [2.45, 2.75) is 32.2 Å². The van der Waals surface area contributed by atoms with Crippen LogP contribution in [0.5, 0.6) is 0 Å². The lowest BCUT2D eigenvalue weighted by Gasteiger charge is -2.24. The molecule has 0 radical (unpaired) electrons. The molecule has 1 fully saturated rings. The number of nitrogens with zero attached hydrogens (tertiary/aromatic N) is 1. The molecule has 7 heteroatoms. The van der Waals surface area contributed by atoms with Crippen LogP contribution in [0.4, 0.5) is 5.82 Å². The standard InChI is InChI=1S/C25H29N5O2/c1-25(2,21-15-19-5-3-4-6-20(19)28-21)30-23(31)10-8-17-7-9-22(27-16-17)29-24(32)18-11-13-26-14-12-18/h3-10,15-16,18,26,28H,11-14H2,1-2H3,(H,30,31)(H,27,29,32). The molecule has 1 saturated heterocycles. The van der Waals surface area contributed by atoms with Gasteiger partial charge in [0.15, 0.2) is 0 Å². The Kier molecular flexibility index (Phi) is 6.37. The third-order valence-corrected chi connectivity index (χ3v) is 5.81. The Morgan fingerprint density at radius 3 is 2.62 bits per heavy atom. The van der Waals surface area contributed by atoms with Crippen molar-refractivity contribution in [3.63, 3.8) is 0 Å². The number of hydrogen-bond donors (Lipinski definition) is 4. The highest BCUT2D eigenvalue weighted by Gasteiger charge is 2.24. The molecule has 4 N–H and O–H groups in total. The smallest absolute Gasteiger partial charge is 0.244 e. The van der Waals surface area contributed by atoms with Gasteiger partial charge in [0.05, 0.1) is 5.54 Å². The van der Waals surface area contributed by atoms with Gasteiger partial charge in [0.2, 0.25) is 11.8 Å². The number of aromatic amines is 1. The number of nitrogens with one attached hydrogen (secondary N) is 4. The number of para-hydroxylation sites is 1. The number of anilines is 1. The third-order valence-electron chi connectivity index (χ3n) is 5.81. The van der Waals surface area contributed by atoms with Crippen LogP contribution in [0.2, 0.25) is 0 Å². The molecule has 0 bridgehead atoms. The van der Waals surface area contributed by atoms with Crippen molar-refractivity contribution in [1.29, 1.82) is 0 Å². The Hall–Kier alpha value is -3.45. The van der Waals surface area contributed by atoms with Crippen molar-refractivity contribution in [1.82, 2.24) is 20.6 Å². The Bertz CT molecular complexity index is 1090. The van der Waals surface area contributed by atoms with Gasteiger partial charge in [0.1, 0.15) is 5.82 Å². The van der Waals surface area contributed by atoms with Gasteiger partial charge < -0.3 is 20.9 Å². The van der Waals surface area contributed by atoms with E-state index in [1.807, 2.05) is 44.2 Å². The first-order chi connectivity index (χ1) is 15.4. The summed E-state index contributed by atoms with van der Waals surface area (Å²) in [7, 11) is 0. The van der Waals surface area contributed by atoms with Gasteiger partial charge in [-0.2, -0.15) is 0 Å². The topological polar surface area (TPSA) is 98.9 Å². The molecule has 2 amide bonds. The maximum Gasteiger partial charge on any atom is 0.244 e. The average Bonchev–Trinajstić information content (AvgIpc) is 3.24. The van der Waals surface area contributed by atoms with Crippen molar-refractivity contribution >= 4 is 34.6 Å². The van der Waals surface area contributed by atoms with Crippen LogP contribution in [0, 0.1) is 5.92 Å². The zero-order valence-electron chi connectivity index (χ0n) is 18.4. The minimum atomic E-state index is -0.554. The van der Waals surface area contributed by atoms with Gasteiger partial charge in [-0.3, -0.25) is 9.59 Å². The second-order valence-electron chi connectivity index (χ2n) is 8.71. The number of rotatable bonds is 6. The van der Waals surface area contributed by atoms with Gasteiger partial charge in [-0.15, -0.1) is 0 Å². The lowest BCUT2D eigenvalue weighted by atomic mass is 9.97. The number of H-pyrrole nitrogens is 1. The molecule has 4 rings (SSSR count). The summed E-state index contributed by atoms with van der Waals surface area (Å²) in [6.45, 7) is 5.67.